The van der Waals surface area contributed by atoms with E-state index in [2.05, 4.69) is 17.1 Å². The molecule has 0 amide bonds. The van der Waals surface area contributed by atoms with Crippen LogP contribution in [-0.4, -0.2) is 35.7 Å². The number of nitrogens with one attached hydrogen (secondary N) is 1. The molecule has 0 aromatic heterocycles. The Morgan fingerprint density at radius 1 is 1.26 bits per heavy atom. The lowest BCUT2D eigenvalue weighted by molar-refractivity contribution is -0.148. The summed E-state index contributed by atoms with van der Waals surface area (Å²) in [6, 6.07) is 0.531. The molecule has 0 bridgehead atoms. The molecule has 2 fully saturated rings. The molecule has 2 aliphatic carbocycles. The second kappa shape index (κ2) is 6.98. The van der Waals surface area contributed by atoms with Crippen molar-refractivity contribution in [3.63, 3.8) is 0 Å². The maximum atomic E-state index is 12.0. The topological polar surface area (TPSA) is 38.3 Å². The average molecular weight is 285 g/mol. The fourth-order valence-corrected chi connectivity index (χ4v) is 4.32. The fraction of sp³-hybridized carbons (Fsp3) is 0.933. The fourth-order valence-electron chi connectivity index (χ4n) is 2.80. The van der Waals surface area contributed by atoms with E-state index in [1.807, 2.05) is 6.92 Å². The summed E-state index contributed by atoms with van der Waals surface area (Å²) in [7, 11) is 1.49. The highest BCUT2D eigenvalue weighted by molar-refractivity contribution is 7.99. The van der Waals surface area contributed by atoms with Crippen LogP contribution in [0.3, 0.4) is 0 Å². The second-order valence-corrected chi connectivity index (χ2v) is 7.53. The highest BCUT2D eigenvalue weighted by Crippen LogP contribution is 2.31. The molecule has 110 valence electrons. The standard InChI is InChI=1S/C15H27NO2S/c1-15(14(17)18-2,16-12-8-9-12)10-11-19-13-6-4-3-5-7-13/h12-13,16H,3-11H2,1-2H3. The Morgan fingerprint density at radius 2 is 1.95 bits per heavy atom. The van der Waals surface area contributed by atoms with Crippen molar-refractivity contribution in [3.05, 3.63) is 0 Å². The van der Waals surface area contributed by atoms with Crippen LogP contribution in [-0.2, 0) is 9.53 Å². The third-order valence-electron chi connectivity index (χ3n) is 4.24. The van der Waals surface area contributed by atoms with Gasteiger partial charge < -0.3 is 4.74 Å². The number of ether oxygens (including phenoxy) is 1. The van der Waals surface area contributed by atoms with E-state index < -0.39 is 5.54 Å². The first-order valence-electron chi connectivity index (χ1n) is 7.62. The Morgan fingerprint density at radius 3 is 2.53 bits per heavy atom. The second-order valence-electron chi connectivity index (χ2n) is 6.12. The predicted molar refractivity (Wildman–Crippen MR) is 80.5 cm³/mol. The summed E-state index contributed by atoms with van der Waals surface area (Å²) in [5.74, 6) is 0.944. The van der Waals surface area contributed by atoms with Gasteiger partial charge in [0, 0.05) is 11.3 Å². The molecule has 3 nitrogen and oxygen atoms in total. The third kappa shape index (κ3) is 4.67. The molecule has 2 saturated carbocycles. The summed E-state index contributed by atoms with van der Waals surface area (Å²) in [5.41, 5.74) is -0.489. The Kier molecular flexibility index (Phi) is 5.58. The van der Waals surface area contributed by atoms with Gasteiger partial charge in [0.25, 0.3) is 0 Å². The molecule has 0 aliphatic heterocycles. The van der Waals surface area contributed by atoms with Gasteiger partial charge in [-0.05, 0) is 44.8 Å². The van der Waals surface area contributed by atoms with E-state index in [1.54, 1.807) is 0 Å². The van der Waals surface area contributed by atoms with Gasteiger partial charge in [-0.2, -0.15) is 11.8 Å². The van der Waals surface area contributed by atoms with E-state index >= 15 is 0 Å². The zero-order chi connectivity index (χ0) is 13.7. The van der Waals surface area contributed by atoms with Crippen LogP contribution in [0.4, 0.5) is 0 Å². The number of thioether (sulfide) groups is 1. The predicted octanol–water partition coefficient (Wildman–Crippen LogP) is 3.13. The summed E-state index contributed by atoms with van der Waals surface area (Å²) < 4.78 is 4.98. The molecule has 0 radical (unpaired) electrons. The van der Waals surface area contributed by atoms with Crippen LogP contribution in [0, 0.1) is 0 Å². The smallest absolute Gasteiger partial charge is 0.325 e. The zero-order valence-electron chi connectivity index (χ0n) is 12.2. The number of hydrogen-bond donors (Lipinski definition) is 1. The van der Waals surface area contributed by atoms with Gasteiger partial charge in [0.15, 0.2) is 0 Å². The summed E-state index contributed by atoms with van der Waals surface area (Å²) >= 11 is 2.05. The van der Waals surface area contributed by atoms with Crippen LogP contribution in [0.1, 0.15) is 58.3 Å². The zero-order valence-corrected chi connectivity index (χ0v) is 13.1. The molecule has 0 aromatic rings. The van der Waals surface area contributed by atoms with Gasteiger partial charge in [-0.25, -0.2) is 0 Å². The number of carbonyl (C=O) groups excluding carboxylic acids is 1. The van der Waals surface area contributed by atoms with Crippen LogP contribution in [0.25, 0.3) is 0 Å². The number of methoxy groups -OCH3 is 1. The van der Waals surface area contributed by atoms with Crippen LogP contribution in [0.5, 0.6) is 0 Å². The molecule has 1 atom stereocenters. The lowest BCUT2D eigenvalue weighted by Crippen LogP contribution is -2.51. The Balaban J connectivity index is 1.76. The van der Waals surface area contributed by atoms with E-state index in [0.29, 0.717) is 6.04 Å². The van der Waals surface area contributed by atoms with E-state index in [4.69, 9.17) is 4.74 Å². The lowest BCUT2D eigenvalue weighted by Gasteiger charge is -2.29. The highest BCUT2D eigenvalue weighted by atomic mass is 32.2. The van der Waals surface area contributed by atoms with E-state index in [0.717, 1.165) is 17.4 Å². The van der Waals surface area contributed by atoms with Gasteiger partial charge in [-0.1, -0.05) is 19.3 Å². The summed E-state index contributed by atoms with van der Waals surface area (Å²) in [6.45, 7) is 2.00. The minimum absolute atomic E-state index is 0.108. The van der Waals surface area contributed by atoms with Crippen molar-refractivity contribution in [1.82, 2.24) is 5.32 Å². The Bertz CT molecular complexity index is 301. The van der Waals surface area contributed by atoms with Crippen molar-refractivity contribution >= 4 is 17.7 Å². The third-order valence-corrected chi connectivity index (χ3v) is 5.63. The van der Waals surface area contributed by atoms with Gasteiger partial charge in [0.05, 0.1) is 7.11 Å². The summed E-state index contributed by atoms with van der Waals surface area (Å²) in [6.07, 6.45) is 10.1. The molecule has 0 saturated heterocycles. The molecule has 19 heavy (non-hydrogen) atoms. The number of rotatable bonds is 7. The first-order chi connectivity index (χ1) is 9.14. The van der Waals surface area contributed by atoms with Crippen molar-refractivity contribution < 1.29 is 9.53 Å². The van der Waals surface area contributed by atoms with Gasteiger partial charge >= 0.3 is 5.97 Å². The van der Waals surface area contributed by atoms with Gasteiger partial charge in [-0.3, -0.25) is 10.1 Å². The van der Waals surface area contributed by atoms with Gasteiger partial charge in [0.2, 0.25) is 0 Å². The lowest BCUT2D eigenvalue weighted by atomic mass is 9.99. The van der Waals surface area contributed by atoms with E-state index in [9.17, 15) is 4.79 Å². The van der Waals surface area contributed by atoms with Crippen LogP contribution in [0.2, 0.25) is 0 Å². The van der Waals surface area contributed by atoms with E-state index in [1.165, 1.54) is 52.1 Å². The van der Waals surface area contributed by atoms with Crippen molar-refractivity contribution in [2.45, 2.75) is 75.1 Å². The molecule has 0 aromatic carbocycles. The largest absolute Gasteiger partial charge is 0.468 e. The molecular weight excluding hydrogens is 258 g/mol. The Labute approximate surface area is 121 Å². The molecule has 0 heterocycles. The molecule has 4 heteroatoms. The van der Waals surface area contributed by atoms with Crippen molar-refractivity contribution in [2.24, 2.45) is 0 Å². The molecule has 1 unspecified atom stereocenters. The van der Waals surface area contributed by atoms with Crippen molar-refractivity contribution in [1.29, 1.82) is 0 Å². The van der Waals surface area contributed by atoms with Crippen LogP contribution >= 0.6 is 11.8 Å². The van der Waals surface area contributed by atoms with Crippen LogP contribution < -0.4 is 5.32 Å². The molecule has 2 aliphatic rings. The first-order valence-corrected chi connectivity index (χ1v) is 8.66. The molecular formula is C15H27NO2S. The van der Waals surface area contributed by atoms with Crippen molar-refractivity contribution in [3.8, 4) is 0 Å². The number of carbonyl (C=O) groups is 1. The minimum Gasteiger partial charge on any atom is -0.468 e. The monoisotopic (exact) mass is 285 g/mol. The number of esters is 1. The molecule has 1 N–H and O–H groups in total. The maximum Gasteiger partial charge on any atom is 0.325 e. The SMILES string of the molecule is COC(=O)C(C)(CCSC1CCCCC1)NC1CC1. The normalized spacial score (nSPS) is 23.9. The molecule has 0 spiro atoms. The molecule has 2 rings (SSSR count). The summed E-state index contributed by atoms with van der Waals surface area (Å²) in [4.78, 5) is 12.0. The minimum atomic E-state index is -0.489. The Hall–Kier alpha value is -0.220. The highest BCUT2D eigenvalue weighted by Gasteiger charge is 2.39. The van der Waals surface area contributed by atoms with Crippen LogP contribution in [0.15, 0.2) is 0 Å². The quantitative estimate of drug-likeness (QED) is 0.729. The van der Waals surface area contributed by atoms with Gasteiger partial charge in [0.1, 0.15) is 5.54 Å². The van der Waals surface area contributed by atoms with E-state index in [-0.39, 0.29) is 5.97 Å². The van der Waals surface area contributed by atoms with Crippen molar-refractivity contribution in [2.75, 3.05) is 12.9 Å². The number of hydrogen-bond acceptors (Lipinski definition) is 4. The maximum absolute atomic E-state index is 12.0. The van der Waals surface area contributed by atoms with Gasteiger partial charge in [-0.15, -0.1) is 0 Å². The average Bonchev–Trinajstić information content (AvgIpc) is 3.22. The summed E-state index contributed by atoms with van der Waals surface area (Å²) in [5, 5.41) is 4.28. The first kappa shape index (κ1) is 15.2.